The largest absolute Gasteiger partial charge is 0.413 e. The molecule has 0 radical (unpaired) electrons. The second-order valence-corrected chi connectivity index (χ2v) is 14.0. The number of sulfone groups is 1. The highest BCUT2D eigenvalue weighted by Crippen LogP contribution is 2.50. The number of carbonyl (C=O) groups is 1. The van der Waals surface area contributed by atoms with Crippen LogP contribution in [0, 0.1) is 11.4 Å². The molecule has 2 aliphatic heterocycles. The molecule has 2 atom stereocenters. The maximum absolute atomic E-state index is 14.4. The fourth-order valence-electron chi connectivity index (χ4n) is 6.81. The fraction of sp³-hybridized carbons (Fsp3) is 0.519. The quantitative estimate of drug-likeness (QED) is 0.430. The molecule has 12 heteroatoms. The molecule has 3 aromatic rings. The summed E-state index contributed by atoms with van der Waals surface area (Å²) in [4.78, 5) is 18.6. The lowest BCUT2D eigenvalue weighted by molar-refractivity contribution is -0.190. The number of fused-ring (bicyclic) bond motifs is 3. The van der Waals surface area contributed by atoms with Gasteiger partial charge in [0, 0.05) is 35.7 Å². The first kappa shape index (κ1) is 26.2. The molecule has 208 valence electrons. The van der Waals surface area contributed by atoms with Crippen LogP contribution >= 0.6 is 0 Å². The van der Waals surface area contributed by atoms with Gasteiger partial charge < -0.3 is 4.90 Å². The minimum absolute atomic E-state index is 0.0414. The van der Waals surface area contributed by atoms with Crippen molar-refractivity contribution in [3.05, 3.63) is 64.9 Å². The van der Waals surface area contributed by atoms with E-state index in [0.29, 0.717) is 12.1 Å². The van der Waals surface area contributed by atoms with Crippen molar-refractivity contribution in [3.63, 3.8) is 0 Å². The van der Waals surface area contributed by atoms with E-state index in [-0.39, 0.29) is 54.2 Å². The Kier molecular flexibility index (Phi) is 5.71. The first-order valence-electron chi connectivity index (χ1n) is 12.9. The second-order valence-electron chi connectivity index (χ2n) is 11.7. The monoisotopic (exact) mass is 564 g/mol. The number of nitrogens with zero attached hydrogens (tertiary/aromatic N) is 4. The molecular formula is C27H28F4N4O3S. The van der Waals surface area contributed by atoms with Gasteiger partial charge in [0.2, 0.25) is 11.9 Å². The van der Waals surface area contributed by atoms with Crippen molar-refractivity contribution in [1.82, 2.24) is 19.5 Å². The number of rotatable bonds is 3. The topological polar surface area (TPSA) is 84.6 Å². The van der Waals surface area contributed by atoms with Gasteiger partial charge in [-0.2, -0.15) is 17.6 Å². The molecule has 1 unspecified atom stereocenters. The molecule has 2 aromatic heterocycles. The van der Waals surface area contributed by atoms with Crippen LogP contribution in [0.25, 0.3) is 5.65 Å². The Morgan fingerprint density at radius 2 is 1.74 bits per heavy atom. The van der Waals surface area contributed by atoms with Gasteiger partial charge in [0.05, 0.1) is 22.6 Å². The van der Waals surface area contributed by atoms with Crippen molar-refractivity contribution >= 4 is 21.4 Å². The molecule has 4 heterocycles. The summed E-state index contributed by atoms with van der Waals surface area (Å²) < 4.78 is 82.4. The number of likely N-dealkylation sites (tertiary alicyclic amines) is 1. The number of alkyl halides is 3. The Labute approximate surface area is 223 Å². The molecule has 1 aromatic carbocycles. The maximum atomic E-state index is 14.4. The number of halogens is 4. The van der Waals surface area contributed by atoms with Crippen molar-refractivity contribution in [2.75, 3.05) is 18.1 Å². The standard InChI is InChI=1S/C27H28F4N4O3S/c1-25(2)14-18(19-15-32-21-13-20(28)33-35(21)23(19)25)16-3-5-17(6-4-16)22(27(29,30)31)34-10-7-26(24(34)36)8-11-39(37,38)12-9-26/h3-6,13,15,18,22H,7-12,14H2,1-2H3/t18?,22-/m0/s1. The zero-order valence-electron chi connectivity index (χ0n) is 21.5. The highest BCUT2D eigenvalue weighted by atomic mass is 32.2. The Morgan fingerprint density at radius 1 is 1.08 bits per heavy atom. The first-order valence-corrected chi connectivity index (χ1v) is 14.8. The zero-order valence-corrected chi connectivity index (χ0v) is 22.3. The third-order valence-electron chi connectivity index (χ3n) is 8.82. The van der Waals surface area contributed by atoms with Gasteiger partial charge in [0.15, 0.2) is 11.7 Å². The van der Waals surface area contributed by atoms with E-state index in [2.05, 4.69) is 10.1 Å². The summed E-state index contributed by atoms with van der Waals surface area (Å²) >= 11 is 0. The predicted molar refractivity (Wildman–Crippen MR) is 134 cm³/mol. The lowest BCUT2D eigenvalue weighted by Gasteiger charge is -2.35. The summed E-state index contributed by atoms with van der Waals surface area (Å²) in [7, 11) is -3.26. The lowest BCUT2D eigenvalue weighted by atomic mass is 9.80. The fourth-order valence-corrected chi connectivity index (χ4v) is 8.42. The van der Waals surface area contributed by atoms with Crippen LogP contribution in [0.2, 0.25) is 0 Å². The van der Waals surface area contributed by atoms with E-state index in [4.69, 9.17) is 0 Å². The molecule has 0 saturated carbocycles. The SMILES string of the molecule is CC1(C)CC(c2ccc([C@H](N3CCC4(CCS(=O)(=O)CC4)C3=O)C(F)(F)F)cc2)c2cnc3cc(F)nn3c21. The van der Waals surface area contributed by atoms with Crippen LogP contribution in [0.4, 0.5) is 17.6 Å². The number of hydrogen-bond donors (Lipinski definition) is 0. The molecule has 2 fully saturated rings. The van der Waals surface area contributed by atoms with Crippen molar-refractivity contribution in [2.24, 2.45) is 5.41 Å². The second kappa shape index (κ2) is 8.49. The average Bonchev–Trinajstić information content (AvgIpc) is 3.47. The summed E-state index contributed by atoms with van der Waals surface area (Å²) in [6.45, 7) is 3.96. The predicted octanol–water partition coefficient (Wildman–Crippen LogP) is 4.71. The third-order valence-corrected chi connectivity index (χ3v) is 10.5. The minimum Gasteiger partial charge on any atom is -0.326 e. The first-order chi connectivity index (χ1) is 18.2. The molecule has 39 heavy (non-hydrogen) atoms. The molecular weight excluding hydrogens is 536 g/mol. The third kappa shape index (κ3) is 4.22. The maximum Gasteiger partial charge on any atom is 0.413 e. The Balaban J connectivity index is 1.31. The van der Waals surface area contributed by atoms with E-state index >= 15 is 0 Å². The summed E-state index contributed by atoms with van der Waals surface area (Å²) in [6.07, 6.45) is -2.04. The van der Waals surface area contributed by atoms with Crippen molar-refractivity contribution in [3.8, 4) is 0 Å². The molecule has 0 bridgehead atoms. The average molecular weight is 565 g/mol. The molecule has 1 amide bonds. The zero-order chi connectivity index (χ0) is 28.0. The van der Waals surface area contributed by atoms with E-state index in [1.165, 1.54) is 22.7 Å². The summed E-state index contributed by atoms with van der Waals surface area (Å²) in [5.74, 6) is -1.77. The Hall–Kier alpha value is -3.02. The highest BCUT2D eigenvalue weighted by molar-refractivity contribution is 7.91. The van der Waals surface area contributed by atoms with Crippen LogP contribution in [0.5, 0.6) is 0 Å². The number of benzene rings is 1. The van der Waals surface area contributed by atoms with Gasteiger partial charge in [-0.3, -0.25) is 4.79 Å². The molecule has 0 N–H and O–H groups in total. The van der Waals surface area contributed by atoms with Gasteiger partial charge in [-0.05, 0) is 36.8 Å². The van der Waals surface area contributed by atoms with E-state index in [0.717, 1.165) is 21.7 Å². The number of amides is 1. The van der Waals surface area contributed by atoms with E-state index in [9.17, 15) is 30.8 Å². The Bertz CT molecular complexity index is 1570. The van der Waals surface area contributed by atoms with Gasteiger partial charge in [-0.25, -0.2) is 17.9 Å². The van der Waals surface area contributed by atoms with Crippen molar-refractivity contribution in [2.45, 2.75) is 63.1 Å². The molecule has 2 saturated heterocycles. The Morgan fingerprint density at radius 3 is 2.38 bits per heavy atom. The van der Waals surface area contributed by atoms with Crippen LogP contribution in [0.3, 0.4) is 0 Å². The van der Waals surface area contributed by atoms with Crippen LogP contribution in [-0.2, 0) is 20.0 Å². The normalized spacial score (nSPS) is 24.4. The summed E-state index contributed by atoms with van der Waals surface area (Å²) in [5, 5.41) is 3.96. The van der Waals surface area contributed by atoms with Crippen LogP contribution in [-0.4, -0.2) is 58.0 Å². The smallest absolute Gasteiger partial charge is 0.326 e. The van der Waals surface area contributed by atoms with Crippen LogP contribution in [0.1, 0.15) is 73.9 Å². The summed E-state index contributed by atoms with van der Waals surface area (Å²) in [5.41, 5.74) is 1.39. The molecule has 1 spiro atoms. The highest BCUT2D eigenvalue weighted by Gasteiger charge is 2.56. The van der Waals surface area contributed by atoms with Crippen LogP contribution in [0.15, 0.2) is 36.5 Å². The van der Waals surface area contributed by atoms with E-state index in [1.54, 1.807) is 18.3 Å². The molecule has 3 aliphatic rings. The number of hydrogen-bond acceptors (Lipinski definition) is 5. The van der Waals surface area contributed by atoms with Crippen molar-refractivity contribution < 1.29 is 30.8 Å². The lowest BCUT2D eigenvalue weighted by Crippen LogP contribution is -2.45. The molecule has 6 rings (SSSR count). The number of aromatic nitrogens is 3. The minimum atomic E-state index is -4.70. The van der Waals surface area contributed by atoms with E-state index < -0.39 is 39.3 Å². The van der Waals surface area contributed by atoms with Crippen molar-refractivity contribution in [1.29, 1.82) is 0 Å². The van der Waals surface area contributed by atoms with Gasteiger partial charge >= 0.3 is 6.18 Å². The van der Waals surface area contributed by atoms with Gasteiger partial charge in [-0.15, -0.1) is 5.10 Å². The van der Waals surface area contributed by atoms with Crippen LogP contribution < -0.4 is 0 Å². The van der Waals surface area contributed by atoms with E-state index in [1.807, 2.05) is 13.8 Å². The molecule has 1 aliphatic carbocycles. The number of carbonyl (C=O) groups excluding carboxylic acids is 1. The van der Waals surface area contributed by atoms with Gasteiger partial charge in [-0.1, -0.05) is 38.1 Å². The summed E-state index contributed by atoms with van der Waals surface area (Å²) in [6, 6.07) is 5.29. The van der Waals surface area contributed by atoms with Gasteiger partial charge in [0.25, 0.3) is 0 Å². The van der Waals surface area contributed by atoms with Gasteiger partial charge in [0.1, 0.15) is 9.84 Å². The molecule has 7 nitrogen and oxygen atoms in total.